The molecule has 1 fully saturated rings. The number of nitrogens with zero attached hydrogens (tertiary/aromatic N) is 1. The number of carbonyl (C=O) groups excluding carboxylic acids is 1. The summed E-state index contributed by atoms with van der Waals surface area (Å²) in [6, 6.07) is 4.65. The standard InChI is InChI=1S/C19H29FN2O2/c1-14-6-7-16(20)10-15(14)11-21-12-19(24)8-5-9-22(17(19)23)13-18(2,3)4/h6-7,10,21,24H,5,8-9,11-13H2,1-4H3/t19-/m0/s1. The van der Waals surface area contributed by atoms with Crippen LogP contribution in [0.4, 0.5) is 4.39 Å². The molecule has 1 aromatic carbocycles. The first-order chi connectivity index (χ1) is 11.1. The fourth-order valence-corrected chi connectivity index (χ4v) is 3.19. The fourth-order valence-electron chi connectivity index (χ4n) is 3.19. The zero-order valence-corrected chi connectivity index (χ0v) is 15.2. The van der Waals surface area contributed by atoms with Crippen molar-refractivity contribution >= 4 is 5.91 Å². The largest absolute Gasteiger partial charge is 0.379 e. The smallest absolute Gasteiger partial charge is 0.255 e. The van der Waals surface area contributed by atoms with Crippen LogP contribution in [-0.4, -0.2) is 41.1 Å². The van der Waals surface area contributed by atoms with Gasteiger partial charge in [0.25, 0.3) is 5.91 Å². The van der Waals surface area contributed by atoms with E-state index in [1.54, 1.807) is 11.0 Å². The fraction of sp³-hybridized carbons (Fsp3) is 0.632. The van der Waals surface area contributed by atoms with Crippen LogP contribution in [0.1, 0.15) is 44.7 Å². The summed E-state index contributed by atoms with van der Waals surface area (Å²) < 4.78 is 13.3. The quantitative estimate of drug-likeness (QED) is 0.869. The van der Waals surface area contributed by atoms with E-state index < -0.39 is 5.60 Å². The maximum atomic E-state index is 13.3. The zero-order valence-electron chi connectivity index (χ0n) is 15.2. The summed E-state index contributed by atoms with van der Waals surface area (Å²) in [5.74, 6) is -0.478. The summed E-state index contributed by atoms with van der Waals surface area (Å²) in [6.45, 7) is 10.1. The van der Waals surface area contributed by atoms with Gasteiger partial charge in [-0.2, -0.15) is 0 Å². The van der Waals surface area contributed by atoms with Crippen molar-refractivity contribution in [1.29, 1.82) is 0 Å². The number of nitrogens with one attached hydrogen (secondary N) is 1. The number of hydrogen-bond acceptors (Lipinski definition) is 3. The molecular formula is C19H29FN2O2. The molecule has 0 radical (unpaired) electrons. The van der Waals surface area contributed by atoms with E-state index in [2.05, 4.69) is 26.1 Å². The first-order valence-corrected chi connectivity index (χ1v) is 8.58. The summed E-state index contributed by atoms with van der Waals surface area (Å²) in [7, 11) is 0. The SMILES string of the molecule is Cc1ccc(F)cc1CNC[C@@]1(O)CCCN(CC(C)(C)C)C1=O. The maximum Gasteiger partial charge on any atom is 0.255 e. The molecule has 1 atom stereocenters. The van der Waals surface area contributed by atoms with Crippen LogP contribution in [0, 0.1) is 18.2 Å². The van der Waals surface area contributed by atoms with E-state index in [-0.39, 0.29) is 23.7 Å². The molecule has 1 aliphatic rings. The highest BCUT2D eigenvalue weighted by atomic mass is 19.1. The van der Waals surface area contributed by atoms with Gasteiger partial charge >= 0.3 is 0 Å². The van der Waals surface area contributed by atoms with E-state index in [1.165, 1.54) is 12.1 Å². The lowest BCUT2D eigenvalue weighted by Crippen LogP contribution is -2.59. The topological polar surface area (TPSA) is 52.6 Å². The number of amides is 1. The Hall–Kier alpha value is -1.46. The Bertz CT molecular complexity index is 598. The van der Waals surface area contributed by atoms with Gasteiger partial charge in [0, 0.05) is 26.2 Å². The number of carbonyl (C=O) groups is 1. The van der Waals surface area contributed by atoms with Crippen LogP contribution >= 0.6 is 0 Å². The van der Waals surface area contributed by atoms with Crippen molar-refractivity contribution in [2.75, 3.05) is 19.6 Å². The Balaban J connectivity index is 1.97. The van der Waals surface area contributed by atoms with Gasteiger partial charge in [-0.15, -0.1) is 0 Å². The summed E-state index contributed by atoms with van der Waals surface area (Å²) >= 11 is 0. The average Bonchev–Trinajstić information content (AvgIpc) is 2.46. The number of aliphatic hydroxyl groups is 1. The maximum absolute atomic E-state index is 13.3. The molecule has 24 heavy (non-hydrogen) atoms. The molecule has 0 bridgehead atoms. The number of halogens is 1. The van der Waals surface area contributed by atoms with E-state index in [0.29, 0.717) is 26.1 Å². The minimum atomic E-state index is -1.37. The molecule has 2 N–H and O–H groups in total. The highest BCUT2D eigenvalue weighted by Crippen LogP contribution is 2.26. The van der Waals surface area contributed by atoms with E-state index >= 15 is 0 Å². The van der Waals surface area contributed by atoms with Crippen LogP contribution in [0.15, 0.2) is 18.2 Å². The second-order valence-corrected chi connectivity index (χ2v) is 8.10. The van der Waals surface area contributed by atoms with Crippen molar-refractivity contribution in [2.24, 2.45) is 5.41 Å². The Kier molecular flexibility index (Phi) is 5.66. The zero-order chi connectivity index (χ0) is 18.0. The summed E-state index contributed by atoms with van der Waals surface area (Å²) in [4.78, 5) is 14.4. The first-order valence-electron chi connectivity index (χ1n) is 8.58. The number of benzene rings is 1. The predicted molar refractivity (Wildman–Crippen MR) is 93.1 cm³/mol. The lowest BCUT2D eigenvalue weighted by atomic mass is 9.88. The van der Waals surface area contributed by atoms with Crippen molar-refractivity contribution in [2.45, 2.75) is 52.7 Å². The summed E-state index contributed by atoms with van der Waals surface area (Å²) in [5.41, 5.74) is 0.457. The molecule has 134 valence electrons. The van der Waals surface area contributed by atoms with E-state index in [9.17, 15) is 14.3 Å². The highest BCUT2D eigenvalue weighted by molar-refractivity contribution is 5.86. The summed E-state index contributed by atoms with van der Waals surface area (Å²) in [6.07, 6.45) is 1.25. The Morgan fingerprint density at radius 3 is 2.75 bits per heavy atom. The molecular weight excluding hydrogens is 307 g/mol. The second-order valence-electron chi connectivity index (χ2n) is 8.10. The molecule has 4 nitrogen and oxygen atoms in total. The summed E-state index contributed by atoms with van der Waals surface area (Å²) in [5, 5.41) is 13.9. The normalized spacial score (nSPS) is 22.1. The van der Waals surface area contributed by atoms with Crippen molar-refractivity contribution in [3.05, 3.63) is 35.1 Å². The number of hydrogen-bond donors (Lipinski definition) is 2. The lowest BCUT2D eigenvalue weighted by molar-refractivity contribution is -0.158. The molecule has 1 heterocycles. The number of rotatable bonds is 5. The molecule has 1 aromatic rings. The molecule has 0 spiro atoms. The molecule has 0 aromatic heterocycles. The molecule has 2 rings (SSSR count). The third-order valence-electron chi connectivity index (χ3n) is 4.41. The number of piperidine rings is 1. The Labute approximate surface area is 144 Å². The third-order valence-corrected chi connectivity index (χ3v) is 4.41. The molecule has 0 unspecified atom stereocenters. The number of likely N-dealkylation sites (tertiary alicyclic amines) is 1. The van der Waals surface area contributed by atoms with Gasteiger partial charge < -0.3 is 15.3 Å². The van der Waals surface area contributed by atoms with Gasteiger partial charge in [0.1, 0.15) is 5.82 Å². The molecule has 1 amide bonds. The third kappa shape index (κ3) is 4.77. The van der Waals surface area contributed by atoms with Gasteiger partial charge in [0.15, 0.2) is 5.60 Å². The van der Waals surface area contributed by atoms with Crippen LogP contribution in [0.3, 0.4) is 0 Å². The van der Waals surface area contributed by atoms with Gasteiger partial charge in [0.05, 0.1) is 0 Å². The molecule has 5 heteroatoms. The highest BCUT2D eigenvalue weighted by Gasteiger charge is 2.42. The molecule has 1 aliphatic heterocycles. The predicted octanol–water partition coefficient (Wildman–Crippen LogP) is 2.62. The van der Waals surface area contributed by atoms with Crippen LogP contribution in [0.5, 0.6) is 0 Å². The van der Waals surface area contributed by atoms with Gasteiger partial charge in [-0.3, -0.25) is 4.79 Å². The van der Waals surface area contributed by atoms with E-state index in [0.717, 1.165) is 17.5 Å². The second kappa shape index (κ2) is 7.19. The van der Waals surface area contributed by atoms with Crippen LogP contribution in [-0.2, 0) is 11.3 Å². The number of aryl methyl sites for hydroxylation is 1. The van der Waals surface area contributed by atoms with Crippen LogP contribution in [0.2, 0.25) is 0 Å². The average molecular weight is 336 g/mol. The van der Waals surface area contributed by atoms with Gasteiger partial charge in [-0.1, -0.05) is 26.8 Å². The monoisotopic (exact) mass is 336 g/mol. The van der Waals surface area contributed by atoms with Crippen molar-refractivity contribution in [3.8, 4) is 0 Å². The van der Waals surface area contributed by atoms with Gasteiger partial charge in [0.2, 0.25) is 0 Å². The Morgan fingerprint density at radius 1 is 1.38 bits per heavy atom. The minimum Gasteiger partial charge on any atom is -0.379 e. The van der Waals surface area contributed by atoms with Gasteiger partial charge in [-0.25, -0.2) is 4.39 Å². The molecule has 0 saturated carbocycles. The van der Waals surface area contributed by atoms with Crippen molar-refractivity contribution < 1.29 is 14.3 Å². The van der Waals surface area contributed by atoms with E-state index in [1.807, 2.05) is 6.92 Å². The molecule has 1 saturated heterocycles. The van der Waals surface area contributed by atoms with Gasteiger partial charge in [-0.05, 0) is 48.4 Å². The minimum absolute atomic E-state index is 0.0000160. The van der Waals surface area contributed by atoms with E-state index in [4.69, 9.17) is 0 Å². The first kappa shape index (κ1) is 18.9. The Morgan fingerprint density at radius 2 is 2.08 bits per heavy atom. The lowest BCUT2D eigenvalue weighted by Gasteiger charge is -2.41. The van der Waals surface area contributed by atoms with Crippen LogP contribution in [0.25, 0.3) is 0 Å². The van der Waals surface area contributed by atoms with Crippen LogP contribution < -0.4 is 5.32 Å². The molecule has 0 aliphatic carbocycles. The van der Waals surface area contributed by atoms with Crippen molar-refractivity contribution in [3.63, 3.8) is 0 Å². The van der Waals surface area contributed by atoms with Crippen molar-refractivity contribution in [1.82, 2.24) is 10.2 Å².